The summed E-state index contributed by atoms with van der Waals surface area (Å²) in [6, 6.07) is 0. The average Bonchev–Trinajstić information content (AvgIpc) is 1.84. The van der Waals surface area contributed by atoms with Gasteiger partial charge in [-0.1, -0.05) is 29.1 Å². The largest absolute Gasteiger partial charge is 0.497 e. The molecule has 0 aliphatic rings. The van der Waals surface area contributed by atoms with Crippen molar-refractivity contribution >= 4 is 15.9 Å². The van der Waals surface area contributed by atoms with Crippen molar-refractivity contribution in [2.75, 3.05) is 12.4 Å². The van der Waals surface area contributed by atoms with E-state index < -0.39 is 0 Å². The van der Waals surface area contributed by atoms with E-state index in [4.69, 9.17) is 4.74 Å². The summed E-state index contributed by atoms with van der Waals surface area (Å²) in [5.74, 6) is 0.641. The molecule has 0 heterocycles. The summed E-state index contributed by atoms with van der Waals surface area (Å²) in [7, 11) is 1.58. The molecule has 46 valence electrons. The fraction of sp³-hybridized carbons (Fsp3) is 0.333. The zero-order valence-corrected chi connectivity index (χ0v) is 6.49. The molecule has 0 rings (SSSR count). The number of allylic oxidation sites excluding steroid dienone is 1. The standard InChI is InChI=1S/C6H9BrO/c1-5(4-7)6(2)8-3/h1-2,4H2,3H3. The lowest BCUT2D eigenvalue weighted by molar-refractivity contribution is 0.303. The molecule has 0 amide bonds. The highest BCUT2D eigenvalue weighted by molar-refractivity contribution is 9.09. The fourth-order valence-corrected chi connectivity index (χ4v) is 0.532. The van der Waals surface area contributed by atoms with Gasteiger partial charge in [-0.25, -0.2) is 0 Å². The van der Waals surface area contributed by atoms with E-state index >= 15 is 0 Å². The molecular weight excluding hydrogens is 168 g/mol. The van der Waals surface area contributed by atoms with Gasteiger partial charge in [-0.05, 0) is 5.57 Å². The summed E-state index contributed by atoms with van der Waals surface area (Å²) in [5, 5.41) is 0.722. The molecule has 0 radical (unpaired) electrons. The van der Waals surface area contributed by atoms with Crippen LogP contribution in [0.1, 0.15) is 0 Å². The van der Waals surface area contributed by atoms with Gasteiger partial charge in [0.25, 0.3) is 0 Å². The van der Waals surface area contributed by atoms with Crippen molar-refractivity contribution in [1.29, 1.82) is 0 Å². The monoisotopic (exact) mass is 176 g/mol. The van der Waals surface area contributed by atoms with Gasteiger partial charge in [0.05, 0.1) is 7.11 Å². The van der Waals surface area contributed by atoms with Crippen LogP contribution in [0.25, 0.3) is 0 Å². The van der Waals surface area contributed by atoms with Gasteiger partial charge in [0.1, 0.15) is 5.76 Å². The van der Waals surface area contributed by atoms with E-state index in [-0.39, 0.29) is 0 Å². The minimum Gasteiger partial charge on any atom is -0.497 e. The molecule has 0 saturated heterocycles. The Morgan fingerprint density at radius 2 is 2.12 bits per heavy atom. The molecule has 0 atom stereocenters. The molecular formula is C6H9BrO. The van der Waals surface area contributed by atoms with Crippen LogP contribution in [0.5, 0.6) is 0 Å². The highest BCUT2D eigenvalue weighted by Crippen LogP contribution is 2.07. The van der Waals surface area contributed by atoms with Crippen molar-refractivity contribution in [2.24, 2.45) is 0 Å². The Kier molecular flexibility index (Phi) is 3.61. The molecule has 0 aliphatic heterocycles. The van der Waals surface area contributed by atoms with E-state index in [1.54, 1.807) is 7.11 Å². The maximum absolute atomic E-state index is 4.78. The van der Waals surface area contributed by atoms with Crippen molar-refractivity contribution in [3.05, 3.63) is 24.5 Å². The van der Waals surface area contributed by atoms with Gasteiger partial charge in [0.15, 0.2) is 0 Å². The van der Waals surface area contributed by atoms with Crippen molar-refractivity contribution in [2.45, 2.75) is 0 Å². The predicted octanol–water partition coefficient (Wildman–Crippen LogP) is 2.10. The number of ether oxygens (including phenoxy) is 1. The van der Waals surface area contributed by atoms with Gasteiger partial charge < -0.3 is 4.74 Å². The lowest BCUT2D eigenvalue weighted by Gasteiger charge is -2.01. The number of alkyl halides is 1. The number of hydrogen-bond acceptors (Lipinski definition) is 1. The third-order valence-corrected chi connectivity index (χ3v) is 1.48. The summed E-state index contributed by atoms with van der Waals surface area (Å²) < 4.78 is 4.78. The molecule has 0 saturated carbocycles. The third kappa shape index (κ3) is 2.17. The van der Waals surface area contributed by atoms with E-state index in [9.17, 15) is 0 Å². The summed E-state index contributed by atoms with van der Waals surface area (Å²) in [4.78, 5) is 0. The van der Waals surface area contributed by atoms with E-state index in [0.29, 0.717) is 5.76 Å². The van der Waals surface area contributed by atoms with Crippen LogP contribution in [-0.4, -0.2) is 12.4 Å². The van der Waals surface area contributed by atoms with E-state index in [2.05, 4.69) is 29.1 Å². The topological polar surface area (TPSA) is 9.23 Å². The minimum atomic E-state index is 0.641. The average molecular weight is 177 g/mol. The van der Waals surface area contributed by atoms with Crippen molar-refractivity contribution in [3.63, 3.8) is 0 Å². The molecule has 0 N–H and O–H groups in total. The zero-order valence-electron chi connectivity index (χ0n) is 4.91. The molecule has 0 unspecified atom stereocenters. The Morgan fingerprint density at radius 3 is 2.25 bits per heavy atom. The van der Waals surface area contributed by atoms with Crippen LogP contribution < -0.4 is 0 Å². The Labute approximate surface area is 58.2 Å². The first kappa shape index (κ1) is 7.76. The molecule has 0 aromatic carbocycles. The van der Waals surface area contributed by atoms with Gasteiger partial charge in [-0.15, -0.1) is 0 Å². The molecule has 0 aromatic heterocycles. The Morgan fingerprint density at radius 1 is 1.62 bits per heavy atom. The molecule has 0 spiro atoms. The second kappa shape index (κ2) is 3.72. The van der Waals surface area contributed by atoms with Crippen LogP contribution in [0.4, 0.5) is 0 Å². The highest BCUT2D eigenvalue weighted by Gasteiger charge is 1.93. The first-order chi connectivity index (χ1) is 3.72. The van der Waals surface area contributed by atoms with Crippen LogP contribution in [0, 0.1) is 0 Å². The second-order valence-corrected chi connectivity index (χ2v) is 1.93. The molecule has 8 heavy (non-hydrogen) atoms. The van der Waals surface area contributed by atoms with E-state index in [1.807, 2.05) is 0 Å². The molecule has 0 fully saturated rings. The van der Waals surface area contributed by atoms with Crippen LogP contribution in [0.3, 0.4) is 0 Å². The first-order valence-electron chi connectivity index (χ1n) is 2.19. The second-order valence-electron chi connectivity index (χ2n) is 1.36. The van der Waals surface area contributed by atoms with Crippen LogP contribution in [0.2, 0.25) is 0 Å². The van der Waals surface area contributed by atoms with Crippen LogP contribution in [-0.2, 0) is 4.74 Å². The predicted molar refractivity (Wildman–Crippen MR) is 39.1 cm³/mol. The maximum atomic E-state index is 4.78. The number of halogens is 1. The first-order valence-corrected chi connectivity index (χ1v) is 3.31. The number of rotatable bonds is 3. The minimum absolute atomic E-state index is 0.641. The molecule has 0 aromatic rings. The lowest BCUT2D eigenvalue weighted by atomic mass is 10.3. The van der Waals surface area contributed by atoms with Gasteiger partial charge in [0.2, 0.25) is 0 Å². The quantitative estimate of drug-likeness (QED) is 0.364. The summed E-state index contributed by atoms with van der Waals surface area (Å²) in [6.07, 6.45) is 0. The lowest BCUT2D eigenvalue weighted by Crippen LogP contribution is -1.88. The van der Waals surface area contributed by atoms with Gasteiger partial charge >= 0.3 is 0 Å². The SMILES string of the molecule is C=C(CBr)C(=C)OC. The normalized spacial score (nSPS) is 8.25. The number of methoxy groups -OCH3 is 1. The zero-order chi connectivity index (χ0) is 6.57. The Balaban J connectivity index is 3.64. The van der Waals surface area contributed by atoms with Gasteiger partial charge in [0, 0.05) is 5.33 Å². The fourth-order valence-electron chi connectivity index (χ4n) is 0.219. The third-order valence-electron chi connectivity index (χ3n) is 0.802. The Hall–Kier alpha value is -0.240. The molecule has 0 aliphatic carbocycles. The number of hydrogen-bond donors (Lipinski definition) is 0. The van der Waals surface area contributed by atoms with Crippen molar-refractivity contribution in [3.8, 4) is 0 Å². The van der Waals surface area contributed by atoms with E-state index in [0.717, 1.165) is 10.9 Å². The van der Waals surface area contributed by atoms with Gasteiger partial charge in [-0.2, -0.15) is 0 Å². The molecule has 2 heteroatoms. The summed E-state index contributed by atoms with van der Waals surface area (Å²) in [6.45, 7) is 7.26. The highest BCUT2D eigenvalue weighted by atomic mass is 79.9. The molecule has 0 bridgehead atoms. The van der Waals surface area contributed by atoms with Crippen molar-refractivity contribution in [1.82, 2.24) is 0 Å². The molecule has 1 nitrogen and oxygen atoms in total. The van der Waals surface area contributed by atoms with Crippen LogP contribution in [0.15, 0.2) is 24.5 Å². The summed E-state index contributed by atoms with van der Waals surface area (Å²) in [5.41, 5.74) is 0.882. The Bertz CT molecular complexity index is 93.1. The smallest absolute Gasteiger partial charge is 0.115 e. The maximum Gasteiger partial charge on any atom is 0.115 e. The van der Waals surface area contributed by atoms with Gasteiger partial charge in [-0.3, -0.25) is 0 Å². The van der Waals surface area contributed by atoms with Crippen molar-refractivity contribution < 1.29 is 4.74 Å². The summed E-state index contributed by atoms with van der Waals surface area (Å²) >= 11 is 3.22. The van der Waals surface area contributed by atoms with E-state index in [1.165, 1.54) is 0 Å². The van der Waals surface area contributed by atoms with Crippen LogP contribution >= 0.6 is 15.9 Å².